The lowest BCUT2D eigenvalue weighted by Gasteiger charge is -2.17. The minimum atomic E-state index is -0.520. The van der Waals surface area contributed by atoms with Crippen LogP contribution in [0.3, 0.4) is 0 Å². The van der Waals surface area contributed by atoms with E-state index in [9.17, 15) is 0 Å². The maximum Gasteiger partial charge on any atom is 0.163 e. The van der Waals surface area contributed by atoms with Crippen LogP contribution in [-0.2, 0) is 9.47 Å². The Morgan fingerprint density at radius 1 is 1.08 bits per heavy atom. The van der Waals surface area contributed by atoms with Crippen molar-refractivity contribution in [3.05, 3.63) is 65.2 Å². The van der Waals surface area contributed by atoms with E-state index >= 15 is 0 Å². The lowest BCUT2D eigenvalue weighted by atomic mass is 10.1. The van der Waals surface area contributed by atoms with Crippen molar-refractivity contribution in [2.75, 3.05) is 13.2 Å². The number of nitriles is 1. The van der Waals surface area contributed by atoms with Crippen molar-refractivity contribution in [1.29, 1.82) is 5.26 Å². The van der Waals surface area contributed by atoms with Gasteiger partial charge in [-0.05, 0) is 49.2 Å². The molecular formula is C21H21NO3. The predicted octanol–water partition coefficient (Wildman–Crippen LogP) is 4.26. The SMILES string of the molecule is CC1(C)OCC(COc2ccc(C=Cc3ccc(C#N)cc3)cc2)O1. The molecule has 0 amide bonds. The molecule has 1 aliphatic rings. The average molecular weight is 335 g/mol. The summed E-state index contributed by atoms with van der Waals surface area (Å²) in [5, 5.41) is 8.81. The van der Waals surface area contributed by atoms with Crippen LogP contribution in [0.5, 0.6) is 5.75 Å². The van der Waals surface area contributed by atoms with Gasteiger partial charge in [-0.2, -0.15) is 5.26 Å². The monoisotopic (exact) mass is 335 g/mol. The Hall–Kier alpha value is -2.61. The number of nitrogens with zero attached hydrogens (tertiary/aromatic N) is 1. The molecule has 4 nitrogen and oxygen atoms in total. The standard InChI is InChI=1S/C21H21NO3/c1-21(2)24-15-20(25-21)14-23-19-11-9-17(10-12-19)4-3-16-5-7-18(13-22)8-6-16/h3-12,20H,14-15H2,1-2H3. The summed E-state index contributed by atoms with van der Waals surface area (Å²) in [6, 6.07) is 17.5. The van der Waals surface area contributed by atoms with Crippen LogP contribution < -0.4 is 4.74 Å². The van der Waals surface area contributed by atoms with Gasteiger partial charge in [0.25, 0.3) is 0 Å². The third-order valence-electron chi connectivity index (χ3n) is 3.89. The van der Waals surface area contributed by atoms with Crippen LogP contribution in [0.25, 0.3) is 12.2 Å². The number of benzene rings is 2. The second-order valence-electron chi connectivity index (χ2n) is 6.40. The van der Waals surface area contributed by atoms with Gasteiger partial charge >= 0.3 is 0 Å². The molecule has 1 saturated heterocycles. The zero-order valence-corrected chi connectivity index (χ0v) is 14.4. The maximum atomic E-state index is 8.81. The molecule has 4 heteroatoms. The zero-order chi connectivity index (χ0) is 17.7. The first-order chi connectivity index (χ1) is 12.0. The zero-order valence-electron chi connectivity index (χ0n) is 14.4. The highest BCUT2D eigenvalue weighted by atomic mass is 16.7. The largest absolute Gasteiger partial charge is 0.491 e. The topological polar surface area (TPSA) is 51.5 Å². The molecule has 0 bridgehead atoms. The van der Waals surface area contributed by atoms with Crippen LogP contribution in [0.4, 0.5) is 0 Å². The van der Waals surface area contributed by atoms with Gasteiger partial charge in [-0.25, -0.2) is 0 Å². The van der Waals surface area contributed by atoms with Crippen molar-refractivity contribution in [2.45, 2.75) is 25.7 Å². The third-order valence-corrected chi connectivity index (χ3v) is 3.89. The van der Waals surface area contributed by atoms with Crippen molar-refractivity contribution in [2.24, 2.45) is 0 Å². The number of rotatable bonds is 5. The van der Waals surface area contributed by atoms with E-state index in [1.54, 1.807) is 0 Å². The van der Waals surface area contributed by atoms with Gasteiger partial charge in [0.2, 0.25) is 0 Å². The van der Waals surface area contributed by atoms with Gasteiger partial charge in [-0.3, -0.25) is 0 Å². The van der Waals surface area contributed by atoms with Crippen LogP contribution >= 0.6 is 0 Å². The Morgan fingerprint density at radius 2 is 1.68 bits per heavy atom. The molecule has 2 aromatic rings. The first-order valence-electron chi connectivity index (χ1n) is 8.27. The summed E-state index contributed by atoms with van der Waals surface area (Å²) in [6.07, 6.45) is 4.01. The molecule has 1 fully saturated rings. The summed E-state index contributed by atoms with van der Waals surface area (Å²) in [4.78, 5) is 0. The van der Waals surface area contributed by atoms with Gasteiger partial charge in [-0.15, -0.1) is 0 Å². The van der Waals surface area contributed by atoms with Gasteiger partial charge in [0.1, 0.15) is 18.5 Å². The lowest BCUT2D eigenvalue weighted by Crippen LogP contribution is -2.25. The minimum Gasteiger partial charge on any atom is -0.491 e. The summed E-state index contributed by atoms with van der Waals surface area (Å²) >= 11 is 0. The van der Waals surface area contributed by atoms with Crippen LogP contribution in [0, 0.1) is 11.3 Å². The van der Waals surface area contributed by atoms with Gasteiger partial charge in [0.05, 0.1) is 18.2 Å². The molecule has 0 aromatic heterocycles. The smallest absolute Gasteiger partial charge is 0.163 e. The Labute approximate surface area is 148 Å². The van der Waals surface area contributed by atoms with Crippen molar-refractivity contribution >= 4 is 12.2 Å². The van der Waals surface area contributed by atoms with Gasteiger partial charge < -0.3 is 14.2 Å². The van der Waals surface area contributed by atoms with Crippen LogP contribution in [0.1, 0.15) is 30.5 Å². The van der Waals surface area contributed by atoms with Crippen LogP contribution in [0.15, 0.2) is 48.5 Å². The maximum absolute atomic E-state index is 8.81. The summed E-state index contributed by atoms with van der Waals surface area (Å²) < 4.78 is 17.0. The number of hydrogen-bond acceptors (Lipinski definition) is 4. The normalized spacial score (nSPS) is 19.0. The van der Waals surface area contributed by atoms with E-state index in [0.29, 0.717) is 18.8 Å². The van der Waals surface area contributed by atoms with Gasteiger partial charge in [-0.1, -0.05) is 36.4 Å². The van der Waals surface area contributed by atoms with E-state index in [1.165, 1.54) is 0 Å². The van der Waals surface area contributed by atoms with Gasteiger partial charge in [0, 0.05) is 0 Å². The molecule has 2 aromatic carbocycles. The first-order valence-corrected chi connectivity index (χ1v) is 8.27. The molecule has 25 heavy (non-hydrogen) atoms. The molecule has 0 N–H and O–H groups in total. The first kappa shape index (κ1) is 17.2. The van der Waals surface area contributed by atoms with E-state index in [0.717, 1.165) is 16.9 Å². The van der Waals surface area contributed by atoms with Crippen molar-refractivity contribution in [3.8, 4) is 11.8 Å². The highest BCUT2D eigenvalue weighted by molar-refractivity contribution is 5.70. The molecule has 3 rings (SSSR count). The van der Waals surface area contributed by atoms with E-state index < -0.39 is 5.79 Å². The summed E-state index contributed by atoms with van der Waals surface area (Å²) in [6.45, 7) is 4.84. The molecule has 1 aliphatic heterocycles. The van der Waals surface area contributed by atoms with E-state index in [4.69, 9.17) is 19.5 Å². The van der Waals surface area contributed by atoms with Crippen LogP contribution in [0.2, 0.25) is 0 Å². The Morgan fingerprint density at radius 3 is 2.20 bits per heavy atom. The molecule has 0 radical (unpaired) electrons. The number of hydrogen-bond donors (Lipinski definition) is 0. The Kier molecular flexibility index (Phi) is 5.18. The highest BCUT2D eigenvalue weighted by Gasteiger charge is 2.32. The fraction of sp³-hybridized carbons (Fsp3) is 0.286. The highest BCUT2D eigenvalue weighted by Crippen LogP contribution is 2.23. The van der Waals surface area contributed by atoms with E-state index in [1.807, 2.05) is 74.5 Å². The summed E-state index contributed by atoms with van der Waals surface area (Å²) in [5.41, 5.74) is 2.80. The molecule has 0 spiro atoms. The Bertz CT molecular complexity index is 770. The lowest BCUT2D eigenvalue weighted by molar-refractivity contribution is -0.141. The van der Waals surface area contributed by atoms with Crippen molar-refractivity contribution in [1.82, 2.24) is 0 Å². The van der Waals surface area contributed by atoms with Crippen molar-refractivity contribution < 1.29 is 14.2 Å². The molecule has 1 unspecified atom stereocenters. The average Bonchev–Trinajstić information content (AvgIpc) is 2.98. The molecule has 0 aliphatic carbocycles. The second kappa shape index (κ2) is 7.52. The fourth-order valence-electron chi connectivity index (χ4n) is 2.57. The quantitative estimate of drug-likeness (QED) is 0.766. The van der Waals surface area contributed by atoms with E-state index in [2.05, 4.69) is 6.07 Å². The number of ether oxygens (including phenoxy) is 3. The van der Waals surface area contributed by atoms with Crippen molar-refractivity contribution in [3.63, 3.8) is 0 Å². The predicted molar refractivity (Wildman–Crippen MR) is 96.9 cm³/mol. The molecular weight excluding hydrogens is 314 g/mol. The third kappa shape index (κ3) is 4.93. The molecule has 1 atom stereocenters. The molecule has 0 saturated carbocycles. The Balaban J connectivity index is 1.53. The summed E-state index contributed by atoms with van der Waals surface area (Å²) in [5.74, 6) is 0.289. The van der Waals surface area contributed by atoms with E-state index in [-0.39, 0.29) is 6.10 Å². The van der Waals surface area contributed by atoms with Gasteiger partial charge in [0.15, 0.2) is 5.79 Å². The molecule has 128 valence electrons. The summed E-state index contributed by atoms with van der Waals surface area (Å²) in [7, 11) is 0. The fourth-order valence-corrected chi connectivity index (χ4v) is 2.57. The minimum absolute atomic E-state index is 0.0362. The van der Waals surface area contributed by atoms with Crippen LogP contribution in [-0.4, -0.2) is 25.1 Å². The molecule has 1 heterocycles. The second-order valence-corrected chi connectivity index (χ2v) is 6.40.